The normalized spacial score (nSPS) is 28.4. The van der Waals surface area contributed by atoms with E-state index in [0.29, 0.717) is 12.1 Å². The third kappa shape index (κ3) is 4.92. The monoisotopic (exact) mass is 245 g/mol. The van der Waals surface area contributed by atoms with Crippen molar-refractivity contribution in [1.82, 2.24) is 5.32 Å². The number of rotatable bonds is 9. The highest BCUT2D eigenvalue weighted by molar-refractivity contribution is 4.96. The summed E-state index contributed by atoms with van der Waals surface area (Å²) in [6, 6.07) is 0.440. The van der Waals surface area contributed by atoms with E-state index in [1.807, 2.05) is 6.92 Å². The zero-order valence-electron chi connectivity index (χ0n) is 11.6. The fourth-order valence-corrected chi connectivity index (χ4v) is 2.15. The molecule has 1 saturated carbocycles. The van der Waals surface area contributed by atoms with E-state index in [1.165, 1.54) is 0 Å². The minimum atomic E-state index is 0.209. The van der Waals surface area contributed by atoms with Gasteiger partial charge in [0.25, 0.3) is 0 Å². The van der Waals surface area contributed by atoms with Crippen LogP contribution in [0.2, 0.25) is 0 Å². The molecular weight excluding hydrogens is 218 g/mol. The molecule has 17 heavy (non-hydrogen) atoms. The van der Waals surface area contributed by atoms with Crippen molar-refractivity contribution in [2.75, 3.05) is 26.9 Å². The van der Waals surface area contributed by atoms with Gasteiger partial charge in [0.2, 0.25) is 0 Å². The van der Waals surface area contributed by atoms with Crippen molar-refractivity contribution in [3.63, 3.8) is 0 Å². The Bertz CT molecular complexity index is 199. The summed E-state index contributed by atoms with van der Waals surface area (Å²) in [5.74, 6) is 0. The predicted molar refractivity (Wildman–Crippen MR) is 68.3 cm³/mol. The molecule has 0 spiro atoms. The topological polar surface area (TPSA) is 39.7 Å². The smallest absolute Gasteiger partial charge is 0.0986 e. The van der Waals surface area contributed by atoms with Gasteiger partial charge < -0.3 is 19.5 Å². The van der Waals surface area contributed by atoms with Crippen LogP contribution in [0.3, 0.4) is 0 Å². The first-order valence-corrected chi connectivity index (χ1v) is 6.68. The molecule has 1 rings (SSSR count). The van der Waals surface area contributed by atoms with E-state index in [2.05, 4.69) is 19.2 Å². The maximum Gasteiger partial charge on any atom is 0.0986 e. The van der Waals surface area contributed by atoms with Crippen LogP contribution >= 0.6 is 0 Å². The van der Waals surface area contributed by atoms with Gasteiger partial charge in [-0.05, 0) is 40.2 Å². The molecule has 0 saturated heterocycles. The largest absolute Gasteiger partial charge is 0.379 e. The second-order valence-electron chi connectivity index (χ2n) is 4.76. The van der Waals surface area contributed by atoms with Gasteiger partial charge in [-0.15, -0.1) is 0 Å². The molecule has 0 bridgehead atoms. The van der Waals surface area contributed by atoms with Crippen LogP contribution in [0.15, 0.2) is 0 Å². The molecule has 3 atom stereocenters. The van der Waals surface area contributed by atoms with E-state index in [0.717, 1.165) is 32.6 Å². The summed E-state index contributed by atoms with van der Waals surface area (Å²) < 4.78 is 16.5. The van der Waals surface area contributed by atoms with Gasteiger partial charge >= 0.3 is 0 Å². The number of ether oxygens (including phenoxy) is 3. The maximum atomic E-state index is 5.58. The third-order valence-electron chi connectivity index (χ3n) is 3.08. The van der Waals surface area contributed by atoms with Gasteiger partial charge in [0.1, 0.15) is 0 Å². The Morgan fingerprint density at radius 2 is 2.12 bits per heavy atom. The van der Waals surface area contributed by atoms with Gasteiger partial charge in [-0.2, -0.15) is 0 Å². The lowest BCUT2D eigenvalue weighted by Crippen LogP contribution is -2.59. The van der Waals surface area contributed by atoms with Crippen molar-refractivity contribution in [2.45, 2.75) is 58.0 Å². The van der Waals surface area contributed by atoms with Crippen LogP contribution in [0.1, 0.15) is 33.6 Å². The first-order chi connectivity index (χ1) is 8.19. The van der Waals surface area contributed by atoms with E-state index in [-0.39, 0.29) is 12.2 Å². The molecule has 102 valence electrons. The summed E-state index contributed by atoms with van der Waals surface area (Å²) in [7, 11) is 1.76. The van der Waals surface area contributed by atoms with E-state index in [4.69, 9.17) is 14.2 Å². The third-order valence-corrected chi connectivity index (χ3v) is 3.08. The quantitative estimate of drug-likeness (QED) is 0.626. The summed E-state index contributed by atoms with van der Waals surface area (Å²) in [6.07, 6.45) is 2.91. The Balaban J connectivity index is 2.04. The first kappa shape index (κ1) is 14.9. The predicted octanol–water partition coefficient (Wildman–Crippen LogP) is 1.58. The van der Waals surface area contributed by atoms with Crippen LogP contribution in [0.25, 0.3) is 0 Å². The molecule has 4 nitrogen and oxygen atoms in total. The molecule has 0 heterocycles. The van der Waals surface area contributed by atoms with E-state index in [1.54, 1.807) is 7.11 Å². The number of methoxy groups -OCH3 is 1. The molecule has 0 radical (unpaired) electrons. The Labute approximate surface area is 105 Å². The highest BCUT2D eigenvalue weighted by Gasteiger charge is 2.41. The highest BCUT2D eigenvalue weighted by Crippen LogP contribution is 2.26. The molecular formula is C13H27NO3. The Morgan fingerprint density at radius 1 is 1.35 bits per heavy atom. The zero-order valence-corrected chi connectivity index (χ0v) is 11.6. The molecule has 0 aliphatic heterocycles. The zero-order chi connectivity index (χ0) is 12.7. The maximum absolute atomic E-state index is 5.58. The molecule has 1 aliphatic carbocycles. The van der Waals surface area contributed by atoms with Crippen molar-refractivity contribution in [3.05, 3.63) is 0 Å². The lowest BCUT2D eigenvalue weighted by molar-refractivity contribution is -0.131. The van der Waals surface area contributed by atoms with Crippen LogP contribution in [-0.2, 0) is 14.2 Å². The van der Waals surface area contributed by atoms with Crippen LogP contribution in [0.4, 0.5) is 0 Å². The number of hydrogen-bond acceptors (Lipinski definition) is 4. The minimum Gasteiger partial charge on any atom is -0.379 e. The minimum absolute atomic E-state index is 0.209. The van der Waals surface area contributed by atoms with Gasteiger partial charge in [0.05, 0.1) is 18.3 Å². The van der Waals surface area contributed by atoms with Crippen molar-refractivity contribution < 1.29 is 14.2 Å². The fraction of sp³-hybridized carbons (Fsp3) is 1.00. The fourth-order valence-electron chi connectivity index (χ4n) is 2.15. The standard InChI is InChI=1S/C13H27NO3/c1-5-16-12-9-11(13(12)15-4)14-7-6-8-17-10(2)3/h10-14H,5-9H2,1-4H3. The lowest BCUT2D eigenvalue weighted by atomic mass is 9.85. The average Bonchev–Trinajstić information content (AvgIpc) is 2.26. The summed E-state index contributed by atoms with van der Waals surface area (Å²) in [4.78, 5) is 0. The highest BCUT2D eigenvalue weighted by atomic mass is 16.5. The molecule has 4 heteroatoms. The molecule has 0 aromatic heterocycles. The number of hydrogen-bond donors (Lipinski definition) is 1. The molecule has 0 aromatic rings. The van der Waals surface area contributed by atoms with Gasteiger partial charge in [0, 0.05) is 26.4 Å². The molecule has 1 fully saturated rings. The number of nitrogens with one attached hydrogen (secondary N) is 1. The van der Waals surface area contributed by atoms with Crippen LogP contribution in [-0.4, -0.2) is 51.2 Å². The molecule has 3 unspecified atom stereocenters. The van der Waals surface area contributed by atoms with Gasteiger partial charge in [-0.25, -0.2) is 0 Å². The van der Waals surface area contributed by atoms with E-state index >= 15 is 0 Å². The second kappa shape index (κ2) is 8.03. The summed E-state index contributed by atoms with van der Waals surface area (Å²) in [6.45, 7) is 8.72. The SMILES string of the molecule is CCOC1CC(NCCCOC(C)C)C1OC. The van der Waals surface area contributed by atoms with Crippen molar-refractivity contribution in [1.29, 1.82) is 0 Å². The van der Waals surface area contributed by atoms with Crippen LogP contribution in [0, 0.1) is 0 Å². The Morgan fingerprint density at radius 3 is 2.71 bits per heavy atom. The van der Waals surface area contributed by atoms with Gasteiger partial charge in [0.15, 0.2) is 0 Å². The Kier molecular flexibility index (Phi) is 7.04. The first-order valence-electron chi connectivity index (χ1n) is 6.68. The van der Waals surface area contributed by atoms with Gasteiger partial charge in [-0.1, -0.05) is 0 Å². The second-order valence-corrected chi connectivity index (χ2v) is 4.76. The van der Waals surface area contributed by atoms with Crippen molar-refractivity contribution in [2.24, 2.45) is 0 Å². The lowest BCUT2D eigenvalue weighted by Gasteiger charge is -2.43. The van der Waals surface area contributed by atoms with Crippen molar-refractivity contribution in [3.8, 4) is 0 Å². The van der Waals surface area contributed by atoms with Crippen LogP contribution < -0.4 is 5.32 Å². The summed E-state index contributed by atoms with van der Waals surface area (Å²) >= 11 is 0. The molecule has 0 aromatic carbocycles. The average molecular weight is 245 g/mol. The van der Waals surface area contributed by atoms with Gasteiger partial charge in [-0.3, -0.25) is 0 Å². The van der Waals surface area contributed by atoms with Crippen molar-refractivity contribution >= 4 is 0 Å². The van der Waals surface area contributed by atoms with E-state index in [9.17, 15) is 0 Å². The molecule has 0 amide bonds. The Hall–Kier alpha value is -0.160. The molecule has 1 aliphatic rings. The summed E-state index contributed by atoms with van der Waals surface area (Å²) in [5, 5.41) is 3.50. The van der Waals surface area contributed by atoms with E-state index < -0.39 is 0 Å². The summed E-state index contributed by atoms with van der Waals surface area (Å²) in [5.41, 5.74) is 0. The molecule has 1 N–H and O–H groups in total. The van der Waals surface area contributed by atoms with Crippen LogP contribution in [0.5, 0.6) is 0 Å².